The van der Waals surface area contributed by atoms with E-state index in [1.54, 1.807) is 0 Å². The van der Waals surface area contributed by atoms with E-state index in [9.17, 15) is 0 Å². The van der Waals surface area contributed by atoms with E-state index >= 15 is 0 Å². The van der Waals surface area contributed by atoms with Crippen LogP contribution in [0.5, 0.6) is 0 Å². The molecule has 2 heterocycles. The minimum absolute atomic E-state index is 0.500. The number of piperidine rings is 1. The molecule has 3 rings (SSSR count). The number of anilines is 1. The summed E-state index contributed by atoms with van der Waals surface area (Å²) in [6.07, 6.45) is 6.01. The van der Waals surface area contributed by atoms with Crippen molar-refractivity contribution in [3.8, 4) is 0 Å². The molecule has 0 N–H and O–H groups in total. The zero-order chi connectivity index (χ0) is 16.2. The SMILES string of the molecule is Cc1cnc(N(C)C2CCN(Cc3ccccc3Cl)CC2)nc1. The maximum absolute atomic E-state index is 6.26. The molecule has 0 aliphatic carbocycles. The van der Waals surface area contributed by atoms with E-state index in [-0.39, 0.29) is 0 Å². The van der Waals surface area contributed by atoms with Crippen LogP contribution < -0.4 is 4.90 Å². The Labute approximate surface area is 143 Å². The lowest BCUT2D eigenvalue weighted by Crippen LogP contribution is -2.43. The normalized spacial score (nSPS) is 16.5. The molecule has 1 saturated heterocycles. The molecule has 122 valence electrons. The first-order chi connectivity index (χ1) is 11.1. The molecule has 0 bridgehead atoms. The Morgan fingerprint density at radius 3 is 2.48 bits per heavy atom. The largest absolute Gasteiger partial charge is 0.341 e. The van der Waals surface area contributed by atoms with Gasteiger partial charge >= 0.3 is 0 Å². The van der Waals surface area contributed by atoms with E-state index in [0.29, 0.717) is 6.04 Å². The summed E-state index contributed by atoms with van der Waals surface area (Å²) < 4.78 is 0. The average molecular weight is 331 g/mol. The van der Waals surface area contributed by atoms with Gasteiger partial charge in [-0.25, -0.2) is 9.97 Å². The maximum atomic E-state index is 6.26. The highest BCUT2D eigenvalue weighted by molar-refractivity contribution is 6.31. The minimum Gasteiger partial charge on any atom is -0.341 e. The highest BCUT2D eigenvalue weighted by Crippen LogP contribution is 2.22. The first-order valence-electron chi connectivity index (χ1n) is 8.11. The molecule has 2 aromatic rings. The molecule has 4 nitrogen and oxygen atoms in total. The number of aromatic nitrogens is 2. The lowest BCUT2D eigenvalue weighted by Gasteiger charge is -2.36. The molecule has 1 aliphatic rings. The predicted octanol–water partition coefficient (Wildman–Crippen LogP) is 3.54. The highest BCUT2D eigenvalue weighted by atomic mass is 35.5. The van der Waals surface area contributed by atoms with E-state index in [2.05, 4.69) is 38.9 Å². The van der Waals surface area contributed by atoms with Crippen LogP contribution in [0.2, 0.25) is 5.02 Å². The van der Waals surface area contributed by atoms with Gasteiger partial charge in [0.2, 0.25) is 5.95 Å². The van der Waals surface area contributed by atoms with Crippen molar-refractivity contribution in [2.75, 3.05) is 25.0 Å². The summed E-state index contributed by atoms with van der Waals surface area (Å²) in [5, 5.41) is 0.861. The molecule has 0 radical (unpaired) electrons. The number of halogens is 1. The Bertz CT molecular complexity index is 636. The van der Waals surface area contributed by atoms with Crippen LogP contribution in [0.3, 0.4) is 0 Å². The summed E-state index contributed by atoms with van der Waals surface area (Å²) >= 11 is 6.26. The fraction of sp³-hybridized carbons (Fsp3) is 0.444. The average Bonchev–Trinajstić information content (AvgIpc) is 2.58. The van der Waals surface area contributed by atoms with Gasteiger partial charge in [0.05, 0.1) is 0 Å². The van der Waals surface area contributed by atoms with Crippen LogP contribution in [0.1, 0.15) is 24.0 Å². The second-order valence-corrected chi connectivity index (χ2v) is 6.68. The molecule has 1 aromatic carbocycles. The van der Waals surface area contributed by atoms with Gasteiger partial charge in [0.15, 0.2) is 0 Å². The second kappa shape index (κ2) is 7.28. The van der Waals surface area contributed by atoms with Crippen molar-refractivity contribution in [1.82, 2.24) is 14.9 Å². The molecule has 0 atom stereocenters. The molecule has 1 aromatic heterocycles. The van der Waals surface area contributed by atoms with Crippen molar-refractivity contribution in [2.24, 2.45) is 0 Å². The fourth-order valence-electron chi connectivity index (χ4n) is 3.06. The topological polar surface area (TPSA) is 32.3 Å². The van der Waals surface area contributed by atoms with Crippen LogP contribution in [-0.4, -0.2) is 41.0 Å². The smallest absolute Gasteiger partial charge is 0.225 e. The van der Waals surface area contributed by atoms with Gasteiger partial charge in [0, 0.05) is 50.1 Å². The summed E-state index contributed by atoms with van der Waals surface area (Å²) in [6.45, 7) is 5.09. The van der Waals surface area contributed by atoms with E-state index in [1.165, 1.54) is 5.56 Å². The van der Waals surface area contributed by atoms with Crippen LogP contribution in [0.25, 0.3) is 0 Å². The Balaban J connectivity index is 1.56. The van der Waals surface area contributed by atoms with Gasteiger partial charge in [-0.15, -0.1) is 0 Å². The van der Waals surface area contributed by atoms with E-state index < -0.39 is 0 Å². The number of benzene rings is 1. The van der Waals surface area contributed by atoms with Gasteiger partial charge in [-0.2, -0.15) is 0 Å². The summed E-state index contributed by atoms with van der Waals surface area (Å²) in [6, 6.07) is 8.61. The van der Waals surface area contributed by atoms with Gasteiger partial charge in [-0.3, -0.25) is 4.90 Å². The molecule has 1 fully saturated rings. The zero-order valence-electron chi connectivity index (χ0n) is 13.7. The number of hydrogen-bond donors (Lipinski definition) is 0. The number of aryl methyl sites for hydroxylation is 1. The van der Waals surface area contributed by atoms with Gasteiger partial charge < -0.3 is 4.90 Å². The summed E-state index contributed by atoms with van der Waals surface area (Å²) in [7, 11) is 2.10. The first kappa shape index (κ1) is 16.2. The van der Waals surface area contributed by atoms with E-state index in [4.69, 9.17) is 11.6 Å². The molecule has 0 amide bonds. The molecular formula is C18H23ClN4. The number of hydrogen-bond acceptors (Lipinski definition) is 4. The number of nitrogens with zero attached hydrogens (tertiary/aromatic N) is 4. The summed E-state index contributed by atoms with van der Waals surface area (Å²) in [4.78, 5) is 13.6. The minimum atomic E-state index is 0.500. The molecule has 0 spiro atoms. The number of likely N-dealkylation sites (tertiary alicyclic amines) is 1. The number of rotatable bonds is 4. The van der Waals surface area contributed by atoms with E-state index in [1.807, 2.05) is 31.5 Å². The van der Waals surface area contributed by atoms with Crippen molar-refractivity contribution in [3.63, 3.8) is 0 Å². The van der Waals surface area contributed by atoms with E-state index in [0.717, 1.165) is 49.0 Å². The van der Waals surface area contributed by atoms with Gasteiger partial charge in [0.25, 0.3) is 0 Å². The Kier molecular flexibility index (Phi) is 5.13. The van der Waals surface area contributed by atoms with Crippen LogP contribution in [0.15, 0.2) is 36.7 Å². The monoisotopic (exact) mass is 330 g/mol. The Hall–Kier alpha value is -1.65. The lowest BCUT2D eigenvalue weighted by atomic mass is 10.0. The summed E-state index contributed by atoms with van der Waals surface area (Å²) in [5.74, 6) is 0.820. The van der Waals surface area contributed by atoms with Gasteiger partial charge in [-0.05, 0) is 37.0 Å². The third kappa shape index (κ3) is 4.01. The summed E-state index contributed by atoms with van der Waals surface area (Å²) in [5.41, 5.74) is 2.31. The third-order valence-electron chi connectivity index (χ3n) is 4.54. The highest BCUT2D eigenvalue weighted by Gasteiger charge is 2.24. The molecular weight excluding hydrogens is 308 g/mol. The standard InChI is InChI=1S/C18H23ClN4/c1-14-11-20-18(21-12-14)22(2)16-7-9-23(10-8-16)13-15-5-3-4-6-17(15)19/h3-6,11-12,16H,7-10,13H2,1-2H3. The van der Waals surface area contributed by atoms with Gasteiger partial charge in [0.1, 0.15) is 0 Å². The first-order valence-corrected chi connectivity index (χ1v) is 8.48. The van der Waals surface area contributed by atoms with Crippen LogP contribution in [0, 0.1) is 6.92 Å². The molecule has 0 saturated carbocycles. The van der Waals surface area contributed by atoms with Crippen LogP contribution >= 0.6 is 11.6 Å². The van der Waals surface area contributed by atoms with Crippen LogP contribution in [0.4, 0.5) is 5.95 Å². The third-order valence-corrected chi connectivity index (χ3v) is 4.91. The molecule has 0 unspecified atom stereocenters. The molecule has 5 heteroatoms. The van der Waals surface area contributed by atoms with Crippen molar-refractivity contribution in [1.29, 1.82) is 0 Å². The molecule has 23 heavy (non-hydrogen) atoms. The van der Waals surface area contributed by atoms with Crippen molar-refractivity contribution in [2.45, 2.75) is 32.4 Å². The second-order valence-electron chi connectivity index (χ2n) is 6.27. The fourth-order valence-corrected chi connectivity index (χ4v) is 3.26. The van der Waals surface area contributed by atoms with Crippen LogP contribution in [-0.2, 0) is 6.54 Å². The van der Waals surface area contributed by atoms with Gasteiger partial charge in [-0.1, -0.05) is 29.8 Å². The zero-order valence-corrected chi connectivity index (χ0v) is 14.5. The van der Waals surface area contributed by atoms with Crippen molar-refractivity contribution in [3.05, 3.63) is 52.8 Å². The maximum Gasteiger partial charge on any atom is 0.225 e. The Morgan fingerprint density at radius 2 is 1.83 bits per heavy atom. The molecule has 1 aliphatic heterocycles. The van der Waals surface area contributed by atoms with Crippen molar-refractivity contribution < 1.29 is 0 Å². The predicted molar refractivity (Wildman–Crippen MR) is 94.9 cm³/mol. The Morgan fingerprint density at radius 1 is 1.17 bits per heavy atom. The van der Waals surface area contributed by atoms with Crippen molar-refractivity contribution >= 4 is 17.5 Å². The lowest BCUT2D eigenvalue weighted by molar-refractivity contribution is 0.203. The quantitative estimate of drug-likeness (QED) is 0.858.